The van der Waals surface area contributed by atoms with Gasteiger partial charge in [-0.1, -0.05) is 45.1 Å². The van der Waals surface area contributed by atoms with Crippen LogP contribution < -0.4 is 20.9 Å². The summed E-state index contributed by atoms with van der Waals surface area (Å²) in [5, 5.41) is 3.25. The van der Waals surface area contributed by atoms with Crippen molar-refractivity contribution in [3.05, 3.63) is 77.2 Å². The predicted molar refractivity (Wildman–Crippen MR) is 162 cm³/mol. The summed E-state index contributed by atoms with van der Waals surface area (Å²) < 4.78 is 0. The maximum Gasteiger partial charge on any atom is 0.152 e. The Kier molecular flexibility index (Phi) is 10.7. The first-order valence-electron chi connectivity index (χ1n) is 13.7. The second kappa shape index (κ2) is 14.2. The molecule has 2 aromatic rings. The number of nitrogens with two attached hydrogens (primary N) is 1. The van der Waals surface area contributed by atoms with Crippen LogP contribution in [0, 0.1) is 6.92 Å². The van der Waals surface area contributed by atoms with Gasteiger partial charge in [-0.25, -0.2) is 4.98 Å². The number of aromatic nitrogens is 1. The summed E-state index contributed by atoms with van der Waals surface area (Å²) >= 11 is 0. The Labute approximate surface area is 227 Å². The van der Waals surface area contributed by atoms with Crippen LogP contribution in [-0.4, -0.2) is 50.2 Å². The van der Waals surface area contributed by atoms with Gasteiger partial charge in [-0.2, -0.15) is 0 Å². The molecule has 0 radical (unpaired) electrons. The Morgan fingerprint density at radius 2 is 1.76 bits per heavy atom. The Morgan fingerprint density at radius 1 is 1.08 bits per heavy atom. The molecular formula is C31H42N6O. The van der Waals surface area contributed by atoms with E-state index in [1.807, 2.05) is 39.1 Å². The van der Waals surface area contributed by atoms with E-state index in [-0.39, 0.29) is 0 Å². The molecule has 7 heteroatoms. The molecular weight excluding hydrogens is 472 g/mol. The first-order valence-corrected chi connectivity index (χ1v) is 13.7. The maximum atomic E-state index is 12.3. The minimum atomic E-state index is 0.545. The summed E-state index contributed by atoms with van der Waals surface area (Å²) in [7, 11) is 1.90. The molecule has 2 aliphatic rings. The number of anilines is 3. The molecule has 1 aliphatic heterocycles. The highest BCUT2D eigenvalue weighted by Gasteiger charge is 2.19. The molecule has 0 spiro atoms. The van der Waals surface area contributed by atoms with Gasteiger partial charge in [-0.15, -0.1) is 0 Å². The van der Waals surface area contributed by atoms with Crippen LogP contribution in [0.25, 0.3) is 0 Å². The maximum absolute atomic E-state index is 12.3. The third-order valence-electron chi connectivity index (χ3n) is 6.80. The molecule has 4 rings (SSSR count). The molecule has 38 heavy (non-hydrogen) atoms. The smallest absolute Gasteiger partial charge is 0.152 e. The van der Waals surface area contributed by atoms with Crippen LogP contribution >= 0.6 is 0 Å². The molecule has 1 aromatic heterocycles. The third kappa shape index (κ3) is 6.91. The van der Waals surface area contributed by atoms with E-state index in [4.69, 9.17) is 10.7 Å². The van der Waals surface area contributed by atoms with Crippen molar-refractivity contribution in [2.75, 3.05) is 48.8 Å². The number of rotatable bonds is 7. The van der Waals surface area contributed by atoms with Crippen molar-refractivity contribution in [1.29, 1.82) is 0 Å². The Hall–Kier alpha value is -3.87. The van der Waals surface area contributed by atoms with Crippen molar-refractivity contribution in [2.24, 2.45) is 4.99 Å². The van der Waals surface area contributed by atoms with Crippen LogP contribution in [0.3, 0.4) is 0 Å². The van der Waals surface area contributed by atoms with Crippen LogP contribution in [-0.2, 0) is 4.79 Å². The van der Waals surface area contributed by atoms with Gasteiger partial charge >= 0.3 is 0 Å². The highest BCUT2D eigenvalue weighted by Crippen LogP contribution is 2.29. The van der Waals surface area contributed by atoms with Gasteiger partial charge in [-0.3, -0.25) is 9.79 Å². The number of carbonyl (C=O) groups excluding carboxylic acids is 1. The Bertz CT molecular complexity index is 1220. The summed E-state index contributed by atoms with van der Waals surface area (Å²) in [6.45, 7) is 11.7. The van der Waals surface area contributed by atoms with Crippen molar-refractivity contribution >= 4 is 34.9 Å². The Balaban J connectivity index is 0.00000195. The number of nitrogens with one attached hydrogen (secondary N) is 1. The Morgan fingerprint density at radius 3 is 2.37 bits per heavy atom. The summed E-state index contributed by atoms with van der Waals surface area (Å²) in [4.78, 5) is 26.1. The largest absolute Gasteiger partial charge is 0.388 e. The fraction of sp³-hybridized carbons (Fsp3) is 0.387. The zero-order chi connectivity index (χ0) is 27.5. The van der Waals surface area contributed by atoms with E-state index in [1.54, 1.807) is 6.20 Å². The highest BCUT2D eigenvalue weighted by molar-refractivity contribution is 6.17. The predicted octanol–water partition coefficient (Wildman–Crippen LogP) is 5.76. The number of carbonyl (C=O) groups is 1. The molecule has 1 aromatic carbocycles. The summed E-state index contributed by atoms with van der Waals surface area (Å²) in [5.41, 5.74) is 13.5. The van der Waals surface area contributed by atoms with Gasteiger partial charge in [0.2, 0.25) is 0 Å². The topological polar surface area (TPSA) is 86.8 Å². The first kappa shape index (κ1) is 28.7. The molecule has 0 unspecified atom stereocenters. The second-order valence-electron chi connectivity index (χ2n) is 9.09. The molecule has 1 aliphatic carbocycles. The molecule has 1 fully saturated rings. The number of pyridine rings is 1. The minimum Gasteiger partial charge on any atom is -0.388 e. The zero-order valence-corrected chi connectivity index (χ0v) is 23.5. The monoisotopic (exact) mass is 514 g/mol. The van der Waals surface area contributed by atoms with E-state index < -0.39 is 0 Å². The number of likely N-dealkylation sites (N-methyl/N-ethyl adjacent to an activating group) is 1. The first-order chi connectivity index (χ1) is 18.5. The van der Waals surface area contributed by atoms with E-state index in [0.717, 1.165) is 84.9 Å². The number of benzene rings is 1. The molecule has 1 saturated heterocycles. The number of allylic oxidation sites excluding steroid dienone is 4. The van der Waals surface area contributed by atoms with E-state index >= 15 is 0 Å². The fourth-order valence-electron chi connectivity index (χ4n) is 4.73. The molecule has 0 saturated carbocycles. The van der Waals surface area contributed by atoms with Crippen LogP contribution in [0.5, 0.6) is 0 Å². The van der Waals surface area contributed by atoms with E-state index in [9.17, 15) is 4.79 Å². The minimum absolute atomic E-state index is 0.545. The van der Waals surface area contributed by atoms with Crippen molar-refractivity contribution in [1.82, 2.24) is 10.3 Å². The summed E-state index contributed by atoms with van der Waals surface area (Å²) in [6.07, 6.45) is 11.6. The van der Waals surface area contributed by atoms with E-state index in [0.29, 0.717) is 17.8 Å². The number of piperazine rings is 1. The van der Waals surface area contributed by atoms with Gasteiger partial charge in [0.15, 0.2) is 6.29 Å². The molecule has 0 atom stereocenters. The number of nitrogen functional groups attached to an aromatic ring is 1. The lowest BCUT2D eigenvalue weighted by molar-refractivity contribution is -0.104. The molecule has 0 amide bonds. The standard InChI is InChI=1S/C29H36N6O.C2H6/c1-4-26(25(20-36)24-8-6-5-7-9-27(24)31-3)33-28-18-22(11-10-21(28)2)34-14-16-35(17-15-34)23-12-13-32-29(30)19-23;1-2/h6,8-13,18-20,31H,4-5,7,14-17H2,1-3H3,(H2,30,32);1-2H3/b25-24+,33-26?;. The summed E-state index contributed by atoms with van der Waals surface area (Å²) in [6, 6.07) is 10.4. The van der Waals surface area contributed by atoms with Gasteiger partial charge in [0.05, 0.1) is 11.4 Å². The van der Waals surface area contributed by atoms with Crippen LogP contribution in [0.4, 0.5) is 22.9 Å². The number of hydrogen-bond acceptors (Lipinski definition) is 7. The van der Waals surface area contributed by atoms with Crippen molar-refractivity contribution < 1.29 is 4.79 Å². The molecule has 202 valence electrons. The van der Waals surface area contributed by atoms with Crippen molar-refractivity contribution in [3.63, 3.8) is 0 Å². The van der Waals surface area contributed by atoms with E-state index in [2.05, 4.69) is 64.3 Å². The van der Waals surface area contributed by atoms with Crippen molar-refractivity contribution in [2.45, 2.75) is 47.0 Å². The van der Waals surface area contributed by atoms with Crippen molar-refractivity contribution in [3.8, 4) is 0 Å². The number of aldehydes is 1. The average molecular weight is 515 g/mol. The van der Waals surface area contributed by atoms with Gasteiger partial charge in [-0.05, 0) is 49.9 Å². The number of aliphatic imine (C=N–C) groups is 1. The summed E-state index contributed by atoms with van der Waals surface area (Å²) in [5.74, 6) is 0.545. The normalized spacial score (nSPS) is 17.2. The van der Waals surface area contributed by atoms with E-state index in [1.165, 1.54) is 0 Å². The SMILES string of the molecule is CC.CCC(=Nc1cc(N2CCN(c3ccnc(N)c3)CC2)ccc1C)/C(C=O)=C1\C=CCCC=C1NC. The lowest BCUT2D eigenvalue weighted by atomic mass is 9.99. The molecule has 2 heterocycles. The molecule has 7 nitrogen and oxygen atoms in total. The van der Waals surface area contributed by atoms with Crippen LogP contribution in [0.1, 0.15) is 45.6 Å². The number of aryl methyl sites for hydroxylation is 1. The molecule has 3 N–H and O–H groups in total. The lowest BCUT2D eigenvalue weighted by Crippen LogP contribution is -2.46. The number of hydrogen-bond donors (Lipinski definition) is 2. The van der Waals surface area contributed by atoms with Gasteiger partial charge in [0, 0.05) is 73.7 Å². The zero-order valence-electron chi connectivity index (χ0n) is 23.5. The number of nitrogens with zero attached hydrogens (tertiary/aromatic N) is 4. The third-order valence-corrected chi connectivity index (χ3v) is 6.80. The van der Waals surface area contributed by atoms with Crippen LogP contribution in [0.2, 0.25) is 0 Å². The highest BCUT2D eigenvalue weighted by atomic mass is 16.1. The van der Waals surface area contributed by atoms with Gasteiger partial charge in [0.1, 0.15) is 5.82 Å². The van der Waals surface area contributed by atoms with Gasteiger partial charge in [0.25, 0.3) is 0 Å². The van der Waals surface area contributed by atoms with Crippen LogP contribution in [0.15, 0.2) is 76.6 Å². The quantitative estimate of drug-likeness (QED) is 0.278. The fourth-order valence-corrected chi connectivity index (χ4v) is 4.73. The molecule has 0 bridgehead atoms. The second-order valence-corrected chi connectivity index (χ2v) is 9.09. The average Bonchev–Trinajstić information content (AvgIpc) is 3.20. The lowest BCUT2D eigenvalue weighted by Gasteiger charge is -2.37. The van der Waals surface area contributed by atoms with Gasteiger partial charge < -0.3 is 20.9 Å².